The third-order valence-electron chi connectivity index (χ3n) is 2.60. The normalized spacial score (nSPS) is 11.7. The van der Waals surface area contributed by atoms with E-state index in [1.54, 1.807) is 14.0 Å². The van der Waals surface area contributed by atoms with Crippen molar-refractivity contribution in [3.8, 4) is 0 Å². The number of aldehydes is 1. The molecule has 0 spiro atoms. The molecule has 0 radical (unpaired) electrons. The molecule has 0 aliphatic rings. The highest BCUT2D eigenvalue weighted by Gasteiger charge is 2.30. The molecule has 0 fully saturated rings. The standard InChI is InChI=1S/C12H10F3N3OS/c1-7-9(6-19)11(18(2)17-7)20-10-4-3-8(5-16-10)12(13,14)15/h3-6H,1-2H3. The van der Waals surface area contributed by atoms with Gasteiger partial charge in [-0.15, -0.1) is 0 Å². The quantitative estimate of drug-likeness (QED) is 0.817. The largest absolute Gasteiger partial charge is 0.417 e. The Morgan fingerprint density at radius 1 is 1.35 bits per heavy atom. The predicted molar refractivity (Wildman–Crippen MR) is 66.7 cm³/mol. The van der Waals surface area contributed by atoms with Gasteiger partial charge >= 0.3 is 6.18 Å². The summed E-state index contributed by atoms with van der Waals surface area (Å²) in [5.41, 5.74) is 0.176. The molecule has 106 valence electrons. The molecule has 4 nitrogen and oxygen atoms in total. The zero-order chi connectivity index (χ0) is 14.9. The average Bonchev–Trinajstić information content (AvgIpc) is 2.63. The SMILES string of the molecule is Cc1nn(C)c(Sc2ccc(C(F)(F)F)cn2)c1C=O. The van der Waals surface area contributed by atoms with Crippen LogP contribution in [0, 0.1) is 6.92 Å². The molecule has 20 heavy (non-hydrogen) atoms. The smallest absolute Gasteiger partial charge is 0.298 e. The monoisotopic (exact) mass is 301 g/mol. The predicted octanol–water partition coefficient (Wildman–Crippen LogP) is 3.11. The summed E-state index contributed by atoms with van der Waals surface area (Å²) in [4.78, 5) is 14.8. The summed E-state index contributed by atoms with van der Waals surface area (Å²) in [6.07, 6.45) is -2.96. The maximum absolute atomic E-state index is 12.4. The van der Waals surface area contributed by atoms with Gasteiger partial charge in [0.1, 0.15) is 10.1 Å². The Morgan fingerprint density at radius 2 is 2.05 bits per heavy atom. The van der Waals surface area contributed by atoms with Gasteiger partial charge in [0.2, 0.25) is 0 Å². The van der Waals surface area contributed by atoms with Gasteiger partial charge in [-0.05, 0) is 30.8 Å². The summed E-state index contributed by atoms with van der Waals surface area (Å²) in [6, 6.07) is 2.23. The molecule has 0 aliphatic heterocycles. The summed E-state index contributed by atoms with van der Waals surface area (Å²) in [6.45, 7) is 1.69. The lowest BCUT2D eigenvalue weighted by Crippen LogP contribution is -2.05. The van der Waals surface area contributed by atoms with Crippen LogP contribution >= 0.6 is 11.8 Å². The summed E-state index contributed by atoms with van der Waals surface area (Å²) in [5.74, 6) is 0. The van der Waals surface area contributed by atoms with Crippen LogP contribution in [-0.4, -0.2) is 21.1 Å². The first-order valence-electron chi connectivity index (χ1n) is 5.53. The van der Waals surface area contributed by atoms with Crippen LogP contribution in [0.2, 0.25) is 0 Å². The topological polar surface area (TPSA) is 47.8 Å². The second-order valence-corrected chi connectivity index (χ2v) is 5.04. The number of alkyl halides is 3. The molecule has 0 unspecified atom stereocenters. The van der Waals surface area contributed by atoms with E-state index in [0.717, 1.165) is 24.0 Å². The molecule has 0 saturated heterocycles. The van der Waals surface area contributed by atoms with Gasteiger partial charge in [0.25, 0.3) is 0 Å². The van der Waals surface area contributed by atoms with E-state index in [4.69, 9.17) is 0 Å². The second-order valence-electron chi connectivity index (χ2n) is 4.03. The van der Waals surface area contributed by atoms with Crippen LogP contribution in [0.3, 0.4) is 0 Å². The summed E-state index contributed by atoms with van der Waals surface area (Å²) >= 11 is 1.10. The fourth-order valence-electron chi connectivity index (χ4n) is 1.62. The van der Waals surface area contributed by atoms with Crippen LogP contribution in [0.1, 0.15) is 21.6 Å². The van der Waals surface area contributed by atoms with Crippen molar-refractivity contribution < 1.29 is 18.0 Å². The maximum Gasteiger partial charge on any atom is 0.417 e. The Kier molecular flexibility index (Phi) is 3.85. The fourth-order valence-corrected chi connectivity index (χ4v) is 2.54. The van der Waals surface area contributed by atoms with E-state index in [1.165, 1.54) is 10.7 Å². The minimum atomic E-state index is -4.41. The van der Waals surface area contributed by atoms with E-state index in [2.05, 4.69) is 10.1 Å². The molecule has 2 heterocycles. The van der Waals surface area contributed by atoms with Gasteiger partial charge in [0.05, 0.1) is 16.8 Å². The lowest BCUT2D eigenvalue weighted by Gasteiger charge is -2.07. The maximum atomic E-state index is 12.4. The van der Waals surface area contributed by atoms with Crippen LogP contribution in [0.15, 0.2) is 28.4 Å². The summed E-state index contributed by atoms with van der Waals surface area (Å²) in [7, 11) is 1.66. The molecule has 8 heteroatoms. The lowest BCUT2D eigenvalue weighted by molar-refractivity contribution is -0.137. The first-order valence-corrected chi connectivity index (χ1v) is 6.34. The van der Waals surface area contributed by atoms with Crippen LogP contribution in [0.25, 0.3) is 0 Å². The van der Waals surface area contributed by atoms with Gasteiger partial charge in [-0.2, -0.15) is 18.3 Å². The third-order valence-corrected chi connectivity index (χ3v) is 3.72. The molecule has 0 amide bonds. The van der Waals surface area contributed by atoms with E-state index in [-0.39, 0.29) is 0 Å². The molecule has 2 rings (SSSR count). The number of hydrogen-bond acceptors (Lipinski definition) is 4. The lowest BCUT2D eigenvalue weighted by atomic mass is 10.3. The van der Waals surface area contributed by atoms with Gasteiger partial charge < -0.3 is 0 Å². The fraction of sp³-hybridized carbons (Fsp3) is 0.250. The minimum absolute atomic E-state index is 0.365. The Hall–Kier alpha value is -1.83. The molecule has 2 aromatic heterocycles. The number of hydrogen-bond donors (Lipinski definition) is 0. The van der Waals surface area contributed by atoms with E-state index < -0.39 is 11.7 Å². The van der Waals surface area contributed by atoms with Crippen molar-refractivity contribution in [1.82, 2.24) is 14.8 Å². The van der Waals surface area contributed by atoms with Gasteiger partial charge in [0, 0.05) is 13.2 Å². The van der Waals surface area contributed by atoms with Crippen LogP contribution in [-0.2, 0) is 13.2 Å². The first kappa shape index (κ1) is 14.6. The van der Waals surface area contributed by atoms with Crippen LogP contribution < -0.4 is 0 Å². The van der Waals surface area contributed by atoms with E-state index in [1.807, 2.05) is 0 Å². The van der Waals surface area contributed by atoms with Crippen LogP contribution in [0.4, 0.5) is 13.2 Å². The number of rotatable bonds is 3. The molecule has 0 bridgehead atoms. The summed E-state index contributed by atoms with van der Waals surface area (Å²) < 4.78 is 38.8. The van der Waals surface area contributed by atoms with Crippen molar-refractivity contribution in [1.29, 1.82) is 0 Å². The van der Waals surface area contributed by atoms with E-state index in [9.17, 15) is 18.0 Å². The Bertz CT molecular complexity index is 635. The van der Waals surface area contributed by atoms with Crippen molar-refractivity contribution >= 4 is 18.0 Å². The zero-order valence-corrected chi connectivity index (χ0v) is 11.4. The number of aromatic nitrogens is 3. The molecule has 2 aromatic rings. The first-order chi connectivity index (χ1) is 9.32. The highest BCUT2D eigenvalue weighted by Crippen LogP contribution is 2.32. The van der Waals surface area contributed by atoms with Gasteiger partial charge in [-0.25, -0.2) is 4.98 Å². The van der Waals surface area contributed by atoms with E-state index in [0.29, 0.717) is 27.6 Å². The number of carbonyl (C=O) groups is 1. The van der Waals surface area contributed by atoms with Gasteiger partial charge in [0.15, 0.2) is 6.29 Å². The van der Waals surface area contributed by atoms with Crippen molar-refractivity contribution in [3.63, 3.8) is 0 Å². The van der Waals surface area contributed by atoms with Crippen molar-refractivity contribution in [2.45, 2.75) is 23.2 Å². The van der Waals surface area contributed by atoms with Crippen molar-refractivity contribution in [3.05, 3.63) is 35.2 Å². The minimum Gasteiger partial charge on any atom is -0.298 e. The van der Waals surface area contributed by atoms with E-state index >= 15 is 0 Å². The molecule has 0 atom stereocenters. The van der Waals surface area contributed by atoms with Gasteiger partial charge in [-0.1, -0.05) is 0 Å². The second kappa shape index (κ2) is 5.28. The van der Waals surface area contributed by atoms with Crippen LogP contribution in [0.5, 0.6) is 0 Å². The molecule has 0 aliphatic carbocycles. The average molecular weight is 301 g/mol. The zero-order valence-electron chi connectivity index (χ0n) is 10.6. The van der Waals surface area contributed by atoms with Crippen molar-refractivity contribution in [2.24, 2.45) is 7.05 Å². The number of nitrogens with zero attached hydrogens (tertiary/aromatic N) is 3. The molecule has 0 aromatic carbocycles. The Balaban J connectivity index is 2.29. The van der Waals surface area contributed by atoms with Gasteiger partial charge in [-0.3, -0.25) is 9.48 Å². The number of aryl methyl sites for hydroxylation is 2. The summed E-state index contributed by atoms with van der Waals surface area (Å²) in [5, 5.41) is 5.00. The Morgan fingerprint density at radius 3 is 2.55 bits per heavy atom. The van der Waals surface area contributed by atoms with Crippen molar-refractivity contribution in [2.75, 3.05) is 0 Å². The molecular formula is C12H10F3N3OS. The molecule has 0 N–H and O–H groups in total. The number of carbonyl (C=O) groups excluding carboxylic acids is 1. The number of pyridine rings is 1. The number of halogens is 3. The third kappa shape index (κ3) is 2.84. The molecular weight excluding hydrogens is 291 g/mol. The highest BCUT2D eigenvalue weighted by atomic mass is 32.2. The Labute approximate surface area is 117 Å². The molecule has 0 saturated carbocycles. The highest BCUT2D eigenvalue weighted by molar-refractivity contribution is 7.99.